The van der Waals surface area contributed by atoms with Crippen LogP contribution in [-0.2, 0) is 27.9 Å². The number of nitrogens with zero attached hydrogens (tertiary/aromatic N) is 1. The van der Waals surface area contributed by atoms with Gasteiger partial charge in [-0.15, -0.1) is 0 Å². The molecule has 0 aromatic carbocycles. The molecule has 0 saturated carbocycles. The lowest BCUT2D eigenvalue weighted by molar-refractivity contribution is -0.870. The molecule has 0 heterocycles. The van der Waals surface area contributed by atoms with Crippen LogP contribution < -0.4 is 5.32 Å². The third kappa shape index (κ3) is 55.7. The summed E-state index contributed by atoms with van der Waals surface area (Å²) < 4.78 is 30.6. The Morgan fingerprint density at radius 3 is 1.27 bits per heavy atom. The number of esters is 1. The molecule has 0 rings (SSSR count). The van der Waals surface area contributed by atoms with E-state index in [0.717, 1.165) is 70.6 Å². The first kappa shape index (κ1) is 72.2. The van der Waals surface area contributed by atoms with Crippen LogP contribution in [0.25, 0.3) is 0 Å². The fourth-order valence-corrected chi connectivity index (χ4v) is 9.23. The fraction of sp³-hybridized carbons (Fsp3) is 0.754. The number of phosphoric ester groups is 1. The van der Waals surface area contributed by atoms with Gasteiger partial charge in [0.2, 0.25) is 5.91 Å². The number of allylic oxidation sites excluding steroid dienone is 13. The van der Waals surface area contributed by atoms with E-state index in [1.807, 2.05) is 33.3 Å². The summed E-state index contributed by atoms with van der Waals surface area (Å²) in [5.41, 5.74) is 0. The van der Waals surface area contributed by atoms with Gasteiger partial charge in [-0.1, -0.05) is 235 Å². The molecule has 75 heavy (non-hydrogen) atoms. The van der Waals surface area contributed by atoms with E-state index in [9.17, 15) is 19.0 Å². The van der Waals surface area contributed by atoms with Crippen LogP contribution in [0.3, 0.4) is 0 Å². The lowest BCUT2D eigenvalue weighted by Gasteiger charge is -2.27. The molecule has 0 aliphatic rings. The van der Waals surface area contributed by atoms with Crippen molar-refractivity contribution in [2.45, 2.75) is 277 Å². The van der Waals surface area contributed by atoms with E-state index in [1.54, 1.807) is 0 Å². The van der Waals surface area contributed by atoms with E-state index in [4.69, 9.17) is 13.8 Å². The summed E-state index contributed by atoms with van der Waals surface area (Å²) >= 11 is 0. The van der Waals surface area contributed by atoms with Crippen molar-refractivity contribution in [3.8, 4) is 0 Å². The van der Waals surface area contributed by atoms with Gasteiger partial charge in [0.15, 0.2) is 0 Å². The predicted octanol–water partition coefficient (Wildman–Crippen LogP) is 19.0. The second kappa shape index (κ2) is 54.5. The van der Waals surface area contributed by atoms with Crippen LogP contribution in [0.5, 0.6) is 0 Å². The van der Waals surface area contributed by atoms with Crippen molar-refractivity contribution in [3.63, 3.8) is 0 Å². The number of ether oxygens (including phenoxy) is 1. The Bertz CT molecular complexity index is 1560. The minimum Gasteiger partial charge on any atom is -0.456 e. The van der Waals surface area contributed by atoms with Crippen LogP contribution in [0.1, 0.15) is 265 Å². The molecule has 434 valence electrons. The molecular weight excluding hydrogens is 952 g/mol. The summed E-state index contributed by atoms with van der Waals surface area (Å²) in [4.78, 5) is 37.6. The maximum atomic E-state index is 13.5. The van der Waals surface area contributed by atoms with Crippen LogP contribution in [0.15, 0.2) is 85.1 Å². The molecule has 0 aliphatic heterocycles. The van der Waals surface area contributed by atoms with Crippen LogP contribution in [0, 0.1) is 0 Å². The predicted molar refractivity (Wildman–Crippen MR) is 323 cm³/mol. The Morgan fingerprint density at radius 1 is 0.467 bits per heavy atom. The van der Waals surface area contributed by atoms with Gasteiger partial charge in [-0.05, 0) is 102 Å². The molecule has 0 fully saturated rings. The van der Waals surface area contributed by atoms with Crippen LogP contribution in [0.4, 0.5) is 0 Å². The van der Waals surface area contributed by atoms with Crippen molar-refractivity contribution < 1.29 is 37.3 Å². The molecule has 10 heteroatoms. The van der Waals surface area contributed by atoms with Gasteiger partial charge in [0.1, 0.15) is 19.3 Å². The molecule has 0 aromatic rings. The molecule has 2 N–H and O–H groups in total. The zero-order valence-corrected chi connectivity index (χ0v) is 50.4. The van der Waals surface area contributed by atoms with Gasteiger partial charge in [0.25, 0.3) is 0 Å². The van der Waals surface area contributed by atoms with E-state index in [0.29, 0.717) is 17.4 Å². The highest BCUT2D eigenvalue weighted by Crippen LogP contribution is 2.43. The van der Waals surface area contributed by atoms with Crippen molar-refractivity contribution in [3.05, 3.63) is 85.1 Å². The van der Waals surface area contributed by atoms with E-state index in [1.165, 1.54) is 154 Å². The van der Waals surface area contributed by atoms with Gasteiger partial charge in [-0.25, -0.2) is 4.57 Å². The highest BCUT2D eigenvalue weighted by molar-refractivity contribution is 7.47. The van der Waals surface area contributed by atoms with E-state index < -0.39 is 20.0 Å². The van der Waals surface area contributed by atoms with E-state index >= 15 is 0 Å². The molecule has 0 aliphatic carbocycles. The number of rotatable bonds is 55. The number of hydrogen-bond acceptors (Lipinski definition) is 6. The maximum absolute atomic E-state index is 13.5. The molecule has 0 radical (unpaired) electrons. The quantitative estimate of drug-likeness (QED) is 0.0205. The monoisotopic (exact) mass is 1070 g/mol. The molecule has 9 nitrogen and oxygen atoms in total. The topological polar surface area (TPSA) is 111 Å². The third-order valence-corrected chi connectivity index (χ3v) is 14.3. The van der Waals surface area contributed by atoms with E-state index in [-0.39, 0.29) is 37.9 Å². The molecule has 0 saturated heterocycles. The van der Waals surface area contributed by atoms with Gasteiger partial charge in [-0.3, -0.25) is 18.6 Å². The highest BCUT2D eigenvalue weighted by Gasteiger charge is 2.30. The van der Waals surface area contributed by atoms with Gasteiger partial charge < -0.3 is 19.4 Å². The smallest absolute Gasteiger partial charge is 0.456 e. The first-order valence-corrected chi connectivity index (χ1v) is 32.4. The van der Waals surface area contributed by atoms with Crippen LogP contribution in [0.2, 0.25) is 0 Å². The maximum Gasteiger partial charge on any atom is 0.472 e. The van der Waals surface area contributed by atoms with Gasteiger partial charge in [0.05, 0.1) is 33.8 Å². The molecular formula is C65H118N2O7P+. The number of carbonyl (C=O) groups excluding carboxylic acids is 2. The van der Waals surface area contributed by atoms with Crippen molar-refractivity contribution >= 4 is 19.7 Å². The molecule has 0 spiro atoms. The fourth-order valence-electron chi connectivity index (χ4n) is 8.49. The van der Waals surface area contributed by atoms with Crippen molar-refractivity contribution in [1.82, 2.24) is 5.32 Å². The molecule has 0 aromatic heterocycles. The Labute approximate surface area is 463 Å². The Morgan fingerprint density at radius 2 is 0.827 bits per heavy atom. The van der Waals surface area contributed by atoms with Crippen LogP contribution >= 0.6 is 7.82 Å². The average Bonchev–Trinajstić information content (AvgIpc) is 3.37. The molecule has 1 amide bonds. The van der Waals surface area contributed by atoms with Gasteiger partial charge >= 0.3 is 13.8 Å². The number of unbranched alkanes of at least 4 members (excludes halogenated alkanes) is 27. The molecule has 3 unspecified atom stereocenters. The number of likely N-dealkylation sites (N-methyl/N-ethyl adjacent to an activating group) is 1. The second-order valence-corrected chi connectivity index (χ2v) is 23.3. The Kier molecular flexibility index (Phi) is 52.5. The number of quaternary nitrogens is 1. The summed E-state index contributed by atoms with van der Waals surface area (Å²) in [6.07, 6.45) is 71.6. The van der Waals surface area contributed by atoms with Crippen molar-refractivity contribution in [2.75, 3.05) is 40.9 Å². The van der Waals surface area contributed by atoms with Crippen molar-refractivity contribution in [1.29, 1.82) is 0 Å². The van der Waals surface area contributed by atoms with Crippen LogP contribution in [-0.4, -0.2) is 74.3 Å². The Balaban J connectivity index is 5.28. The number of amides is 1. The first-order valence-electron chi connectivity index (χ1n) is 30.9. The zero-order valence-electron chi connectivity index (χ0n) is 49.5. The summed E-state index contributed by atoms with van der Waals surface area (Å²) in [6.45, 7) is 6.91. The summed E-state index contributed by atoms with van der Waals surface area (Å²) in [5, 5.41) is 3.02. The first-order chi connectivity index (χ1) is 36.4. The normalized spacial score (nSPS) is 14.3. The lowest BCUT2D eigenvalue weighted by Crippen LogP contribution is -2.47. The van der Waals surface area contributed by atoms with Gasteiger partial charge in [0, 0.05) is 12.8 Å². The summed E-state index contributed by atoms with van der Waals surface area (Å²) in [5.74, 6) is -0.574. The number of phosphoric acid groups is 1. The highest BCUT2D eigenvalue weighted by atomic mass is 31.2. The number of carbonyl (C=O) groups is 2. The molecule has 3 atom stereocenters. The lowest BCUT2D eigenvalue weighted by atomic mass is 10.0. The minimum absolute atomic E-state index is 0.0269. The minimum atomic E-state index is -4.46. The summed E-state index contributed by atoms with van der Waals surface area (Å²) in [6, 6.07) is -0.881. The standard InChI is InChI=1S/C65H117N2O7P/c1-7-10-13-16-19-22-25-27-29-31-32-33-34-36-38-40-43-46-49-52-55-58-65(69)74-63(56-53-50-47-44-41-24-21-18-15-12-9-3)62(61-73-75(70,71)72-60-59-67(4,5)6)66-64(68)57-54-51-48-45-42-39-37-35-30-28-26-23-20-17-14-11-8-2/h19-20,22-23,27-30,37,39,45,48,53,56,62-63H,7-18,21,24-26,31-36,38,40-44,46-47,49-52,54-55,57-61H2,1-6H3,(H-,66,68,70,71)/p+1/b22-19-,23-20-,29-27-,30-28-,39-37-,48-45-,56-53+. The zero-order chi connectivity index (χ0) is 55.0. The summed E-state index contributed by atoms with van der Waals surface area (Å²) in [7, 11) is 1.45. The largest absolute Gasteiger partial charge is 0.472 e. The number of nitrogens with one attached hydrogen (secondary N) is 1. The number of hydrogen-bond donors (Lipinski definition) is 2. The Hall–Kier alpha value is -2.81. The SMILES string of the molecule is CCCCC/C=C\C/C=C\C/C=C\C/C=C\CCCC(=O)NC(COP(=O)(O)OCC[N+](C)(C)C)C(/C=C/CCCCCCCCCCC)OC(=O)CCCCCCCCCCCCC/C=C\C/C=C\CCCCC. The van der Waals surface area contributed by atoms with Crippen molar-refractivity contribution in [2.24, 2.45) is 0 Å². The van der Waals surface area contributed by atoms with E-state index in [2.05, 4.69) is 99.0 Å². The third-order valence-electron chi connectivity index (χ3n) is 13.3. The second-order valence-electron chi connectivity index (χ2n) is 21.9. The average molecular weight is 1070 g/mol. The van der Waals surface area contributed by atoms with Gasteiger partial charge in [-0.2, -0.15) is 0 Å². The molecule has 0 bridgehead atoms.